The Morgan fingerprint density at radius 1 is 1.29 bits per heavy atom. The lowest BCUT2D eigenvalue weighted by Crippen LogP contribution is -2.12. The molecule has 0 aromatic heterocycles. The largest absolute Gasteiger partial charge is 0.386 e. The van der Waals surface area contributed by atoms with Crippen molar-refractivity contribution in [1.29, 1.82) is 0 Å². The molecule has 0 saturated carbocycles. The van der Waals surface area contributed by atoms with Crippen LogP contribution in [0.25, 0.3) is 0 Å². The molecule has 0 radical (unpaired) electrons. The van der Waals surface area contributed by atoms with E-state index >= 15 is 0 Å². The number of benzene rings is 1. The van der Waals surface area contributed by atoms with E-state index in [1.807, 2.05) is 0 Å². The van der Waals surface area contributed by atoms with Crippen LogP contribution in [0.1, 0.15) is 6.42 Å². The van der Waals surface area contributed by atoms with Crippen LogP contribution in [0.5, 0.6) is 0 Å². The Hall–Kier alpha value is -0.930. The molecule has 0 atom stereocenters. The fourth-order valence-electron chi connectivity index (χ4n) is 1.37. The average molecular weight is 230 g/mol. The maximum atomic E-state index is 6.02. The number of hydrazone groups is 1. The second-order valence-electron chi connectivity index (χ2n) is 3.03. The molecule has 14 heavy (non-hydrogen) atoms. The number of rotatable bonds is 1. The van der Waals surface area contributed by atoms with Gasteiger partial charge in [-0.3, -0.25) is 5.01 Å². The third kappa shape index (κ3) is 1.65. The zero-order valence-electron chi connectivity index (χ0n) is 7.37. The van der Waals surface area contributed by atoms with Crippen molar-refractivity contribution in [2.24, 2.45) is 10.8 Å². The number of para-hydroxylation sites is 1. The first-order valence-electron chi connectivity index (χ1n) is 4.23. The van der Waals surface area contributed by atoms with E-state index in [0.717, 1.165) is 18.7 Å². The molecule has 5 heteroatoms. The van der Waals surface area contributed by atoms with E-state index < -0.39 is 0 Å². The highest BCUT2D eigenvalue weighted by Crippen LogP contribution is 2.34. The van der Waals surface area contributed by atoms with Crippen molar-refractivity contribution in [1.82, 2.24) is 0 Å². The minimum Gasteiger partial charge on any atom is -0.386 e. The van der Waals surface area contributed by atoms with Crippen LogP contribution in [0, 0.1) is 0 Å². The summed E-state index contributed by atoms with van der Waals surface area (Å²) in [5.74, 6) is 0.612. The van der Waals surface area contributed by atoms with Crippen LogP contribution < -0.4 is 10.7 Å². The SMILES string of the molecule is NC1=NN(c2c(Cl)cccc2Cl)CC1. The number of hydrogen-bond donors (Lipinski definition) is 1. The summed E-state index contributed by atoms with van der Waals surface area (Å²) >= 11 is 12.0. The molecule has 2 rings (SSSR count). The van der Waals surface area contributed by atoms with Crippen LogP contribution in [0.2, 0.25) is 10.0 Å². The molecule has 2 N–H and O–H groups in total. The van der Waals surface area contributed by atoms with Gasteiger partial charge in [-0.25, -0.2) is 0 Å². The first-order valence-corrected chi connectivity index (χ1v) is 4.98. The smallest absolute Gasteiger partial charge is 0.122 e. The molecule has 0 bridgehead atoms. The summed E-state index contributed by atoms with van der Waals surface area (Å²) in [6.45, 7) is 0.731. The van der Waals surface area contributed by atoms with Crippen LogP contribution in [0.15, 0.2) is 23.3 Å². The Morgan fingerprint density at radius 2 is 1.93 bits per heavy atom. The van der Waals surface area contributed by atoms with Crippen LogP contribution in [-0.2, 0) is 0 Å². The highest BCUT2D eigenvalue weighted by atomic mass is 35.5. The van der Waals surface area contributed by atoms with Gasteiger partial charge in [-0.2, -0.15) is 5.10 Å². The van der Waals surface area contributed by atoms with E-state index in [-0.39, 0.29) is 0 Å². The first-order chi connectivity index (χ1) is 6.68. The predicted octanol–water partition coefficient (Wildman–Crippen LogP) is 2.48. The van der Waals surface area contributed by atoms with Gasteiger partial charge in [0.1, 0.15) is 5.84 Å². The minimum atomic E-state index is 0.593. The quantitative estimate of drug-likeness (QED) is 0.805. The van der Waals surface area contributed by atoms with Gasteiger partial charge in [-0.1, -0.05) is 29.3 Å². The van der Waals surface area contributed by atoms with E-state index in [1.54, 1.807) is 23.2 Å². The maximum absolute atomic E-state index is 6.02. The number of hydrogen-bond acceptors (Lipinski definition) is 3. The lowest BCUT2D eigenvalue weighted by Gasteiger charge is -2.16. The standard InChI is InChI=1S/C9H9Cl2N3/c10-6-2-1-3-7(11)9(6)14-5-4-8(12)13-14/h1-3H,4-5H2,(H2,12,13). The van der Waals surface area contributed by atoms with Crippen molar-refractivity contribution >= 4 is 34.7 Å². The van der Waals surface area contributed by atoms with Crippen LogP contribution in [0.3, 0.4) is 0 Å². The third-order valence-electron chi connectivity index (χ3n) is 2.02. The summed E-state index contributed by atoms with van der Waals surface area (Å²) < 4.78 is 0. The summed E-state index contributed by atoms with van der Waals surface area (Å²) in [5.41, 5.74) is 6.32. The lowest BCUT2D eigenvalue weighted by molar-refractivity contribution is 0.922. The van der Waals surface area contributed by atoms with Gasteiger partial charge in [0.25, 0.3) is 0 Å². The van der Waals surface area contributed by atoms with Crippen molar-refractivity contribution in [3.8, 4) is 0 Å². The zero-order chi connectivity index (χ0) is 10.1. The summed E-state index contributed by atoms with van der Waals surface area (Å²) in [5, 5.41) is 7.06. The number of anilines is 1. The van der Waals surface area contributed by atoms with E-state index in [1.165, 1.54) is 0 Å². The van der Waals surface area contributed by atoms with Crippen LogP contribution in [0.4, 0.5) is 5.69 Å². The molecule has 0 fully saturated rings. The van der Waals surface area contributed by atoms with Gasteiger partial charge in [-0.05, 0) is 12.1 Å². The van der Waals surface area contributed by atoms with Gasteiger partial charge < -0.3 is 5.73 Å². The van der Waals surface area contributed by atoms with Gasteiger partial charge in [-0.15, -0.1) is 0 Å². The van der Waals surface area contributed by atoms with Crippen molar-refractivity contribution in [2.75, 3.05) is 11.6 Å². The van der Waals surface area contributed by atoms with Crippen molar-refractivity contribution in [3.63, 3.8) is 0 Å². The number of nitrogens with two attached hydrogens (primary N) is 1. The van der Waals surface area contributed by atoms with Crippen molar-refractivity contribution in [2.45, 2.75) is 6.42 Å². The van der Waals surface area contributed by atoms with E-state index in [0.29, 0.717) is 15.9 Å². The molecule has 1 aliphatic heterocycles. The zero-order valence-corrected chi connectivity index (χ0v) is 8.89. The molecule has 1 aromatic carbocycles. The maximum Gasteiger partial charge on any atom is 0.122 e. The highest BCUT2D eigenvalue weighted by molar-refractivity contribution is 6.39. The van der Waals surface area contributed by atoms with E-state index in [2.05, 4.69) is 5.10 Å². The van der Waals surface area contributed by atoms with Crippen molar-refractivity contribution < 1.29 is 0 Å². The molecule has 1 heterocycles. The summed E-state index contributed by atoms with van der Waals surface area (Å²) in [6, 6.07) is 5.37. The van der Waals surface area contributed by atoms with E-state index in [9.17, 15) is 0 Å². The monoisotopic (exact) mass is 229 g/mol. The molecule has 0 aliphatic carbocycles. The second kappa shape index (κ2) is 3.67. The normalized spacial score (nSPS) is 15.9. The topological polar surface area (TPSA) is 41.6 Å². The summed E-state index contributed by atoms with van der Waals surface area (Å²) in [4.78, 5) is 0. The molecule has 0 saturated heterocycles. The first kappa shape index (κ1) is 9.62. The molecule has 74 valence electrons. The number of amidine groups is 1. The Morgan fingerprint density at radius 3 is 2.43 bits per heavy atom. The molecule has 0 spiro atoms. The third-order valence-corrected chi connectivity index (χ3v) is 2.63. The highest BCUT2D eigenvalue weighted by Gasteiger charge is 2.18. The van der Waals surface area contributed by atoms with E-state index in [4.69, 9.17) is 28.9 Å². The Labute approximate surface area is 92.1 Å². The number of nitrogens with zero attached hydrogens (tertiary/aromatic N) is 2. The molecular weight excluding hydrogens is 221 g/mol. The van der Waals surface area contributed by atoms with Crippen molar-refractivity contribution in [3.05, 3.63) is 28.2 Å². The van der Waals surface area contributed by atoms with Gasteiger partial charge in [0.05, 0.1) is 15.7 Å². The number of halogens is 2. The summed E-state index contributed by atoms with van der Waals surface area (Å²) in [7, 11) is 0. The predicted molar refractivity (Wildman–Crippen MR) is 60.0 cm³/mol. The second-order valence-corrected chi connectivity index (χ2v) is 3.85. The lowest BCUT2D eigenvalue weighted by atomic mass is 10.3. The van der Waals surface area contributed by atoms with Gasteiger partial charge >= 0.3 is 0 Å². The van der Waals surface area contributed by atoms with Gasteiger partial charge in [0.15, 0.2) is 0 Å². The summed E-state index contributed by atoms with van der Waals surface area (Å²) in [6.07, 6.45) is 0.752. The fourth-order valence-corrected chi connectivity index (χ4v) is 1.97. The molecule has 0 amide bonds. The van der Waals surface area contributed by atoms with Crippen LogP contribution >= 0.6 is 23.2 Å². The molecule has 0 unspecified atom stereocenters. The Bertz CT molecular complexity index is 369. The molecule has 3 nitrogen and oxygen atoms in total. The average Bonchev–Trinajstić information content (AvgIpc) is 2.51. The fraction of sp³-hybridized carbons (Fsp3) is 0.222. The van der Waals surface area contributed by atoms with Crippen LogP contribution in [-0.4, -0.2) is 12.4 Å². The Balaban J connectivity index is 2.41. The molecule has 1 aliphatic rings. The Kier molecular flexibility index (Phi) is 2.52. The van der Waals surface area contributed by atoms with Gasteiger partial charge in [0.2, 0.25) is 0 Å². The minimum absolute atomic E-state index is 0.593. The molecule has 1 aromatic rings. The molecular formula is C9H9Cl2N3. The van der Waals surface area contributed by atoms with Gasteiger partial charge in [0, 0.05) is 13.0 Å².